The van der Waals surface area contributed by atoms with Crippen LogP contribution >= 0.6 is 0 Å². The van der Waals surface area contributed by atoms with Crippen LogP contribution in [0, 0.1) is 0 Å². The smallest absolute Gasteiger partial charge is 0.246 e. The number of rotatable bonds is 10. The lowest BCUT2D eigenvalue weighted by molar-refractivity contribution is -0.118. The Kier molecular flexibility index (Phi) is 9.70. The molecule has 1 aromatic rings. The molecule has 0 unspecified atom stereocenters. The number of hydrogen-bond acceptors (Lipinski definition) is 4. The van der Waals surface area contributed by atoms with Gasteiger partial charge in [0, 0.05) is 24.7 Å². The minimum absolute atomic E-state index is 0.144. The standard InChI is InChI=1S/C19H26N2O4/c1-15(11-14-22)19(24)21-13-4-3-12-20-18(23)10-7-16-5-8-17(25-2)9-6-16/h5-11,22H,3-4,12-14H2,1-2H3,(H,20,23)(H,21,24)/b10-7+,15-11+. The second-order valence-electron chi connectivity index (χ2n) is 5.43. The Balaban J connectivity index is 2.17. The van der Waals surface area contributed by atoms with E-state index in [0.29, 0.717) is 18.7 Å². The van der Waals surface area contributed by atoms with Gasteiger partial charge in [0.05, 0.1) is 13.7 Å². The molecule has 0 atom stereocenters. The third kappa shape index (κ3) is 8.72. The number of aliphatic hydroxyl groups excluding tert-OH is 1. The summed E-state index contributed by atoms with van der Waals surface area (Å²) in [7, 11) is 1.61. The van der Waals surface area contributed by atoms with E-state index < -0.39 is 0 Å². The molecule has 2 amide bonds. The molecule has 0 radical (unpaired) electrons. The van der Waals surface area contributed by atoms with Gasteiger partial charge < -0.3 is 20.5 Å². The Morgan fingerprint density at radius 2 is 1.76 bits per heavy atom. The van der Waals surface area contributed by atoms with Gasteiger partial charge in [-0.15, -0.1) is 0 Å². The molecule has 1 aromatic carbocycles. The van der Waals surface area contributed by atoms with Crippen LogP contribution in [0.2, 0.25) is 0 Å². The highest BCUT2D eigenvalue weighted by atomic mass is 16.5. The number of aliphatic hydroxyl groups is 1. The lowest BCUT2D eigenvalue weighted by atomic mass is 10.2. The van der Waals surface area contributed by atoms with Crippen molar-refractivity contribution in [2.75, 3.05) is 26.8 Å². The second-order valence-corrected chi connectivity index (χ2v) is 5.43. The first-order valence-electron chi connectivity index (χ1n) is 8.22. The molecule has 0 heterocycles. The van der Waals surface area contributed by atoms with Gasteiger partial charge in [0.1, 0.15) is 5.75 Å². The van der Waals surface area contributed by atoms with Crippen LogP contribution in [0.15, 0.2) is 42.0 Å². The first kappa shape index (κ1) is 20.4. The van der Waals surface area contributed by atoms with E-state index in [9.17, 15) is 9.59 Å². The van der Waals surface area contributed by atoms with E-state index in [0.717, 1.165) is 24.2 Å². The van der Waals surface area contributed by atoms with Crippen molar-refractivity contribution in [1.29, 1.82) is 0 Å². The largest absolute Gasteiger partial charge is 0.497 e. The summed E-state index contributed by atoms with van der Waals surface area (Å²) in [5, 5.41) is 14.3. The molecule has 136 valence electrons. The predicted molar refractivity (Wildman–Crippen MR) is 98.1 cm³/mol. The molecule has 25 heavy (non-hydrogen) atoms. The van der Waals surface area contributed by atoms with Gasteiger partial charge in [0.15, 0.2) is 0 Å². The number of methoxy groups -OCH3 is 1. The SMILES string of the molecule is COc1ccc(/C=C/C(=O)NCCCCNC(=O)/C(C)=C/CO)cc1. The van der Waals surface area contributed by atoms with Crippen molar-refractivity contribution in [2.45, 2.75) is 19.8 Å². The molecule has 6 heteroatoms. The fourth-order valence-electron chi connectivity index (χ4n) is 1.98. The molecule has 6 nitrogen and oxygen atoms in total. The number of carbonyl (C=O) groups excluding carboxylic acids is 2. The summed E-state index contributed by atoms with van der Waals surface area (Å²) in [5.74, 6) is 0.442. The van der Waals surface area contributed by atoms with Gasteiger partial charge >= 0.3 is 0 Å². The summed E-state index contributed by atoms with van der Waals surface area (Å²) < 4.78 is 5.08. The topological polar surface area (TPSA) is 87.7 Å². The fraction of sp³-hybridized carbons (Fsp3) is 0.368. The van der Waals surface area contributed by atoms with Gasteiger partial charge in [0.2, 0.25) is 11.8 Å². The Morgan fingerprint density at radius 3 is 2.36 bits per heavy atom. The molecule has 0 aromatic heterocycles. The van der Waals surface area contributed by atoms with E-state index in [1.165, 1.54) is 12.2 Å². The lowest BCUT2D eigenvalue weighted by Gasteiger charge is -2.06. The van der Waals surface area contributed by atoms with Gasteiger partial charge in [0.25, 0.3) is 0 Å². The summed E-state index contributed by atoms with van der Waals surface area (Å²) in [6.45, 7) is 2.59. The molecule has 0 saturated heterocycles. The zero-order valence-electron chi connectivity index (χ0n) is 14.7. The molecular weight excluding hydrogens is 320 g/mol. The van der Waals surface area contributed by atoms with Crippen LogP contribution in [0.4, 0.5) is 0 Å². The summed E-state index contributed by atoms with van der Waals surface area (Å²) in [6.07, 6.45) is 6.23. The average Bonchev–Trinajstić information content (AvgIpc) is 2.63. The van der Waals surface area contributed by atoms with E-state index >= 15 is 0 Å². The number of benzene rings is 1. The van der Waals surface area contributed by atoms with Crippen molar-refractivity contribution in [3.05, 3.63) is 47.6 Å². The highest BCUT2D eigenvalue weighted by molar-refractivity contribution is 5.92. The number of nitrogens with one attached hydrogen (secondary N) is 2. The van der Waals surface area contributed by atoms with Gasteiger partial charge in [-0.2, -0.15) is 0 Å². The number of carbonyl (C=O) groups is 2. The maximum Gasteiger partial charge on any atom is 0.246 e. The normalized spacial score (nSPS) is 11.4. The lowest BCUT2D eigenvalue weighted by Crippen LogP contribution is -2.27. The molecule has 0 saturated carbocycles. The third-order valence-corrected chi connectivity index (χ3v) is 3.49. The number of hydrogen-bond donors (Lipinski definition) is 3. The highest BCUT2D eigenvalue weighted by Gasteiger charge is 2.02. The van der Waals surface area contributed by atoms with E-state index in [-0.39, 0.29) is 18.4 Å². The van der Waals surface area contributed by atoms with Crippen LogP contribution in [-0.4, -0.2) is 43.7 Å². The van der Waals surface area contributed by atoms with Crippen LogP contribution in [0.3, 0.4) is 0 Å². The first-order chi connectivity index (χ1) is 12.1. The molecule has 1 rings (SSSR count). The molecule has 0 bridgehead atoms. The molecule has 0 aliphatic heterocycles. The molecule has 0 aliphatic carbocycles. The summed E-state index contributed by atoms with van der Waals surface area (Å²) >= 11 is 0. The maximum absolute atomic E-state index is 11.7. The summed E-state index contributed by atoms with van der Waals surface area (Å²) in [6, 6.07) is 7.42. The zero-order valence-corrected chi connectivity index (χ0v) is 14.7. The zero-order chi connectivity index (χ0) is 18.5. The van der Waals surface area contributed by atoms with E-state index in [1.54, 1.807) is 20.1 Å². The number of unbranched alkanes of at least 4 members (excludes halogenated alkanes) is 1. The van der Waals surface area contributed by atoms with Crippen molar-refractivity contribution in [2.24, 2.45) is 0 Å². The first-order valence-corrected chi connectivity index (χ1v) is 8.22. The van der Waals surface area contributed by atoms with E-state index in [1.807, 2.05) is 24.3 Å². The maximum atomic E-state index is 11.7. The van der Waals surface area contributed by atoms with E-state index in [4.69, 9.17) is 9.84 Å². The van der Waals surface area contributed by atoms with Gasteiger partial charge in [-0.3, -0.25) is 9.59 Å². The molecule has 0 aliphatic rings. The Labute approximate surface area is 148 Å². The second kappa shape index (κ2) is 11.9. The number of ether oxygens (including phenoxy) is 1. The van der Waals surface area contributed by atoms with Crippen LogP contribution in [-0.2, 0) is 9.59 Å². The monoisotopic (exact) mass is 346 g/mol. The van der Waals surface area contributed by atoms with Gasteiger partial charge in [-0.25, -0.2) is 0 Å². The van der Waals surface area contributed by atoms with Crippen molar-refractivity contribution in [3.8, 4) is 5.75 Å². The van der Waals surface area contributed by atoms with Crippen molar-refractivity contribution < 1.29 is 19.4 Å². The average molecular weight is 346 g/mol. The van der Waals surface area contributed by atoms with Crippen LogP contribution in [0.5, 0.6) is 5.75 Å². The van der Waals surface area contributed by atoms with E-state index in [2.05, 4.69) is 10.6 Å². The Hall–Kier alpha value is -2.60. The third-order valence-electron chi connectivity index (χ3n) is 3.49. The van der Waals surface area contributed by atoms with Crippen molar-refractivity contribution in [1.82, 2.24) is 10.6 Å². The quantitative estimate of drug-likeness (QED) is 0.444. The highest BCUT2D eigenvalue weighted by Crippen LogP contribution is 2.12. The molecule has 3 N–H and O–H groups in total. The minimum atomic E-state index is -0.180. The summed E-state index contributed by atoms with van der Waals surface area (Å²) in [4.78, 5) is 23.3. The Bertz CT molecular complexity index is 606. The summed E-state index contributed by atoms with van der Waals surface area (Å²) in [5.41, 5.74) is 1.42. The molecular formula is C19H26N2O4. The minimum Gasteiger partial charge on any atom is -0.497 e. The molecule has 0 fully saturated rings. The van der Waals surface area contributed by atoms with Crippen LogP contribution in [0.1, 0.15) is 25.3 Å². The van der Waals surface area contributed by atoms with Crippen molar-refractivity contribution >= 4 is 17.9 Å². The van der Waals surface area contributed by atoms with Crippen LogP contribution < -0.4 is 15.4 Å². The predicted octanol–water partition coefficient (Wildman–Crippen LogP) is 1.66. The van der Waals surface area contributed by atoms with Gasteiger partial charge in [-0.05, 0) is 43.5 Å². The molecule has 0 spiro atoms. The van der Waals surface area contributed by atoms with Gasteiger partial charge in [-0.1, -0.05) is 18.2 Å². The van der Waals surface area contributed by atoms with Crippen LogP contribution in [0.25, 0.3) is 6.08 Å². The number of amides is 2. The van der Waals surface area contributed by atoms with Crippen molar-refractivity contribution in [3.63, 3.8) is 0 Å². The fourth-order valence-corrected chi connectivity index (χ4v) is 1.98. The Morgan fingerprint density at radius 1 is 1.12 bits per heavy atom.